The number of aliphatic imine (C=N–C) groups is 1. The van der Waals surface area contributed by atoms with Gasteiger partial charge in [-0.2, -0.15) is 0 Å². The van der Waals surface area contributed by atoms with Crippen molar-refractivity contribution < 1.29 is 4.74 Å². The molecule has 4 heteroatoms. The molecular weight excluding hydrogens is 238 g/mol. The average Bonchev–Trinajstić information content (AvgIpc) is 2.37. The van der Waals surface area contributed by atoms with E-state index in [9.17, 15) is 0 Å². The van der Waals surface area contributed by atoms with Gasteiger partial charge in [0, 0.05) is 25.0 Å². The molecule has 1 saturated heterocycles. The van der Waals surface area contributed by atoms with Crippen LogP contribution in [0, 0.1) is 5.41 Å². The second-order valence-electron chi connectivity index (χ2n) is 6.12. The fourth-order valence-corrected chi connectivity index (χ4v) is 2.23. The zero-order valence-corrected chi connectivity index (χ0v) is 13.1. The maximum absolute atomic E-state index is 5.26. The van der Waals surface area contributed by atoms with E-state index in [1.54, 1.807) is 0 Å². The van der Waals surface area contributed by atoms with E-state index in [0.717, 1.165) is 25.7 Å². The van der Waals surface area contributed by atoms with E-state index in [-0.39, 0.29) is 5.41 Å². The second kappa shape index (κ2) is 8.41. The van der Waals surface area contributed by atoms with E-state index < -0.39 is 0 Å². The fraction of sp³-hybridized carbons (Fsp3) is 0.933. The van der Waals surface area contributed by atoms with Gasteiger partial charge in [0.25, 0.3) is 0 Å². The fourth-order valence-electron chi connectivity index (χ4n) is 2.23. The molecule has 0 aromatic heterocycles. The molecule has 0 aliphatic carbocycles. The summed E-state index contributed by atoms with van der Waals surface area (Å²) in [6.45, 7) is 9.35. The monoisotopic (exact) mass is 269 g/mol. The van der Waals surface area contributed by atoms with Gasteiger partial charge >= 0.3 is 0 Å². The van der Waals surface area contributed by atoms with Crippen LogP contribution in [0.5, 0.6) is 0 Å². The molecule has 0 bridgehead atoms. The summed E-state index contributed by atoms with van der Waals surface area (Å²) in [4.78, 5) is 4.29. The highest BCUT2D eigenvalue weighted by atomic mass is 16.5. The molecule has 0 spiro atoms. The van der Waals surface area contributed by atoms with E-state index in [1.807, 2.05) is 7.05 Å². The van der Waals surface area contributed by atoms with Gasteiger partial charge < -0.3 is 15.4 Å². The van der Waals surface area contributed by atoms with Crippen LogP contribution in [0.2, 0.25) is 0 Å². The number of ether oxygens (including phenoxy) is 1. The molecule has 1 atom stereocenters. The summed E-state index contributed by atoms with van der Waals surface area (Å²) < 4.78 is 5.26. The van der Waals surface area contributed by atoms with Crippen molar-refractivity contribution in [2.24, 2.45) is 10.4 Å². The normalized spacial score (nSPS) is 19.7. The summed E-state index contributed by atoms with van der Waals surface area (Å²) in [5.41, 5.74) is 0.280. The summed E-state index contributed by atoms with van der Waals surface area (Å²) in [6, 6.07) is 0.480. The van der Waals surface area contributed by atoms with Gasteiger partial charge in [-0.25, -0.2) is 0 Å². The summed E-state index contributed by atoms with van der Waals surface area (Å²) >= 11 is 0. The Morgan fingerprint density at radius 3 is 2.58 bits per heavy atom. The van der Waals surface area contributed by atoms with Gasteiger partial charge in [-0.05, 0) is 13.3 Å². The largest absolute Gasteiger partial charge is 0.380 e. The van der Waals surface area contributed by atoms with Gasteiger partial charge in [-0.15, -0.1) is 0 Å². The number of guanidine groups is 1. The first-order chi connectivity index (χ1) is 9.09. The molecule has 1 aliphatic rings. The third-order valence-electron chi connectivity index (χ3n) is 3.68. The number of hydrogen-bond acceptors (Lipinski definition) is 2. The Labute approximate surface area is 118 Å². The molecule has 19 heavy (non-hydrogen) atoms. The molecule has 0 saturated carbocycles. The minimum absolute atomic E-state index is 0.280. The summed E-state index contributed by atoms with van der Waals surface area (Å²) in [5.74, 6) is 0.913. The Morgan fingerprint density at radius 2 is 2.05 bits per heavy atom. The Bertz CT molecular complexity index is 275. The molecule has 1 heterocycles. The zero-order valence-electron chi connectivity index (χ0n) is 13.1. The molecule has 112 valence electrons. The lowest BCUT2D eigenvalue weighted by molar-refractivity contribution is -0.0971. The van der Waals surface area contributed by atoms with Gasteiger partial charge in [0.1, 0.15) is 0 Å². The minimum atomic E-state index is 0.280. The Hall–Kier alpha value is -0.770. The second-order valence-corrected chi connectivity index (χ2v) is 6.12. The highest BCUT2D eigenvalue weighted by Crippen LogP contribution is 2.24. The lowest BCUT2D eigenvalue weighted by Gasteiger charge is -2.38. The molecule has 0 aromatic rings. The first-order valence-corrected chi connectivity index (χ1v) is 7.64. The first kappa shape index (κ1) is 16.3. The van der Waals surface area contributed by atoms with Crippen LogP contribution in [-0.2, 0) is 4.74 Å². The highest BCUT2D eigenvalue weighted by molar-refractivity contribution is 5.79. The topological polar surface area (TPSA) is 45.7 Å². The van der Waals surface area contributed by atoms with Crippen LogP contribution in [0.4, 0.5) is 0 Å². The smallest absolute Gasteiger partial charge is 0.191 e. The maximum atomic E-state index is 5.26. The van der Waals surface area contributed by atoms with Crippen LogP contribution in [0.1, 0.15) is 52.9 Å². The lowest BCUT2D eigenvalue weighted by Crippen LogP contribution is -2.52. The predicted octanol–water partition coefficient (Wildman–Crippen LogP) is 2.55. The molecule has 0 amide bonds. The zero-order chi connectivity index (χ0) is 14.1. The molecule has 0 aromatic carbocycles. The summed E-state index contributed by atoms with van der Waals surface area (Å²) in [5, 5.41) is 6.87. The van der Waals surface area contributed by atoms with Gasteiger partial charge in [0.2, 0.25) is 0 Å². The van der Waals surface area contributed by atoms with Crippen LogP contribution >= 0.6 is 0 Å². The number of nitrogens with one attached hydrogen (secondary N) is 2. The minimum Gasteiger partial charge on any atom is -0.380 e. The van der Waals surface area contributed by atoms with Crippen molar-refractivity contribution in [3.63, 3.8) is 0 Å². The first-order valence-electron chi connectivity index (χ1n) is 7.64. The van der Waals surface area contributed by atoms with Crippen LogP contribution < -0.4 is 10.6 Å². The molecule has 2 N–H and O–H groups in total. The van der Waals surface area contributed by atoms with E-state index in [1.165, 1.54) is 32.1 Å². The van der Waals surface area contributed by atoms with Crippen molar-refractivity contribution in [3.8, 4) is 0 Å². The van der Waals surface area contributed by atoms with E-state index in [2.05, 4.69) is 36.4 Å². The Morgan fingerprint density at radius 1 is 1.32 bits per heavy atom. The van der Waals surface area contributed by atoms with Crippen molar-refractivity contribution in [1.29, 1.82) is 0 Å². The highest BCUT2D eigenvalue weighted by Gasteiger charge is 2.33. The molecule has 1 fully saturated rings. The van der Waals surface area contributed by atoms with Gasteiger partial charge in [0.05, 0.1) is 13.2 Å². The van der Waals surface area contributed by atoms with Crippen molar-refractivity contribution in [2.45, 2.75) is 58.9 Å². The summed E-state index contributed by atoms with van der Waals surface area (Å²) in [7, 11) is 1.83. The maximum Gasteiger partial charge on any atom is 0.191 e. The van der Waals surface area contributed by atoms with Crippen LogP contribution in [-0.4, -0.2) is 38.8 Å². The van der Waals surface area contributed by atoms with Crippen molar-refractivity contribution in [2.75, 3.05) is 26.8 Å². The van der Waals surface area contributed by atoms with Crippen LogP contribution in [0.3, 0.4) is 0 Å². The SMILES string of the molecule is CCCCCCC(C)NC(=NC)NCC1(C)COC1. The predicted molar refractivity (Wildman–Crippen MR) is 81.6 cm³/mol. The van der Waals surface area contributed by atoms with Crippen LogP contribution in [0.15, 0.2) is 4.99 Å². The molecule has 0 radical (unpaired) electrons. The molecular formula is C15H31N3O. The van der Waals surface area contributed by atoms with Gasteiger partial charge in [-0.3, -0.25) is 4.99 Å². The summed E-state index contributed by atoms with van der Waals surface area (Å²) in [6.07, 6.45) is 6.49. The quantitative estimate of drug-likeness (QED) is 0.404. The van der Waals surface area contributed by atoms with Gasteiger partial charge in [-0.1, -0.05) is 39.5 Å². The van der Waals surface area contributed by atoms with E-state index >= 15 is 0 Å². The van der Waals surface area contributed by atoms with E-state index in [0.29, 0.717) is 6.04 Å². The number of nitrogens with zero attached hydrogens (tertiary/aromatic N) is 1. The van der Waals surface area contributed by atoms with Crippen LogP contribution in [0.25, 0.3) is 0 Å². The third-order valence-corrected chi connectivity index (χ3v) is 3.68. The molecule has 1 rings (SSSR count). The van der Waals surface area contributed by atoms with Crippen molar-refractivity contribution >= 4 is 5.96 Å². The van der Waals surface area contributed by atoms with Crippen molar-refractivity contribution in [1.82, 2.24) is 10.6 Å². The molecule has 1 aliphatic heterocycles. The number of unbranched alkanes of at least 4 members (excludes halogenated alkanes) is 3. The van der Waals surface area contributed by atoms with E-state index in [4.69, 9.17) is 4.74 Å². The molecule has 1 unspecified atom stereocenters. The molecule has 4 nitrogen and oxygen atoms in total. The lowest BCUT2D eigenvalue weighted by atomic mass is 9.89. The standard InChI is InChI=1S/C15H31N3O/c1-5-6-7-8-9-13(2)18-14(16-4)17-10-15(3)11-19-12-15/h13H,5-12H2,1-4H3,(H2,16,17,18). The number of hydrogen-bond donors (Lipinski definition) is 2. The third kappa shape index (κ3) is 6.28. The Balaban J connectivity index is 2.16. The van der Waals surface area contributed by atoms with Gasteiger partial charge in [0.15, 0.2) is 5.96 Å². The van der Waals surface area contributed by atoms with Crippen molar-refractivity contribution in [3.05, 3.63) is 0 Å². The Kier molecular flexibility index (Phi) is 7.21. The average molecular weight is 269 g/mol. The number of rotatable bonds is 8.